The van der Waals surface area contributed by atoms with Gasteiger partial charge in [-0.05, 0) is 0 Å². The van der Waals surface area contributed by atoms with E-state index >= 15 is 0 Å². The van der Waals surface area contributed by atoms with E-state index in [1.807, 2.05) is 5.32 Å². The molecule has 0 saturated carbocycles. The van der Waals surface area contributed by atoms with Gasteiger partial charge in [0.15, 0.2) is 0 Å². The second-order valence-electron chi connectivity index (χ2n) is 4.17. The number of carboxylic acids is 1. The molecule has 0 aliphatic rings. The van der Waals surface area contributed by atoms with Crippen molar-refractivity contribution in [1.29, 1.82) is 0 Å². The summed E-state index contributed by atoms with van der Waals surface area (Å²) >= 11 is 0. The van der Waals surface area contributed by atoms with Crippen LogP contribution in [0, 0.1) is 0 Å². The monoisotopic (exact) mass is 333 g/mol. The van der Waals surface area contributed by atoms with Crippen LogP contribution >= 0.6 is 0 Å². The van der Waals surface area contributed by atoms with E-state index in [0.717, 1.165) is 0 Å². The Bertz CT molecular complexity index is 468. The van der Waals surface area contributed by atoms with Crippen LogP contribution in [0.15, 0.2) is 0 Å². The minimum Gasteiger partial charge on any atom is -0.480 e. The first-order valence-corrected chi connectivity index (χ1v) is 6.43. The van der Waals surface area contributed by atoms with Gasteiger partial charge in [-0.1, -0.05) is 0 Å². The molecule has 0 aromatic rings. The zero-order valence-corrected chi connectivity index (χ0v) is 12.1. The average Bonchev–Trinajstić information content (AvgIpc) is 2.53. The van der Waals surface area contributed by atoms with Crippen LogP contribution in [0.4, 0.5) is 0 Å². The lowest BCUT2D eigenvalue weighted by atomic mass is 10.3. The third-order valence-electron chi connectivity index (χ3n) is 2.33. The molecule has 0 aromatic heterocycles. The standard InChI is InChI=1S/C11H19N5O7/c12-1-7(18)13-2-8(19)14-3-9(20)16-6(5-17)11(23)15-4-10(21)22/h6,17H,1-5,12H2,(H,13,18)(H,14,19)(H,15,23)(H,16,20)(H,21,22)/t6-/m0/s1. The van der Waals surface area contributed by atoms with E-state index in [2.05, 4.69) is 16.0 Å². The number of hydrogen-bond acceptors (Lipinski definition) is 7. The first-order valence-electron chi connectivity index (χ1n) is 6.43. The van der Waals surface area contributed by atoms with Crippen molar-refractivity contribution < 1.29 is 34.2 Å². The number of carbonyl (C=O) groups is 5. The number of rotatable bonds is 10. The molecule has 12 heteroatoms. The van der Waals surface area contributed by atoms with Gasteiger partial charge >= 0.3 is 5.97 Å². The van der Waals surface area contributed by atoms with Crippen LogP contribution in [-0.2, 0) is 24.0 Å². The summed E-state index contributed by atoms with van der Waals surface area (Å²) in [4.78, 5) is 55.4. The van der Waals surface area contributed by atoms with E-state index in [1.54, 1.807) is 0 Å². The highest BCUT2D eigenvalue weighted by atomic mass is 16.4. The fourth-order valence-electron chi connectivity index (χ4n) is 1.22. The van der Waals surface area contributed by atoms with Crippen molar-refractivity contribution >= 4 is 29.6 Å². The van der Waals surface area contributed by atoms with Gasteiger partial charge < -0.3 is 37.2 Å². The number of nitrogens with two attached hydrogens (primary N) is 1. The van der Waals surface area contributed by atoms with Gasteiger partial charge in [-0.15, -0.1) is 0 Å². The number of aliphatic hydroxyl groups is 1. The van der Waals surface area contributed by atoms with Gasteiger partial charge in [0, 0.05) is 0 Å². The minimum absolute atomic E-state index is 0.280. The van der Waals surface area contributed by atoms with Gasteiger partial charge in [-0.25, -0.2) is 0 Å². The maximum Gasteiger partial charge on any atom is 0.322 e. The Morgan fingerprint density at radius 1 is 0.870 bits per heavy atom. The Morgan fingerprint density at radius 3 is 1.96 bits per heavy atom. The Morgan fingerprint density at radius 2 is 1.43 bits per heavy atom. The van der Waals surface area contributed by atoms with Gasteiger partial charge in [-0.3, -0.25) is 24.0 Å². The van der Waals surface area contributed by atoms with Crippen molar-refractivity contribution in [2.24, 2.45) is 5.73 Å². The number of hydrogen-bond donors (Lipinski definition) is 7. The zero-order chi connectivity index (χ0) is 17.8. The Hall–Kier alpha value is -2.73. The van der Waals surface area contributed by atoms with Crippen LogP contribution < -0.4 is 27.0 Å². The lowest BCUT2D eigenvalue weighted by Crippen LogP contribution is -2.52. The summed E-state index contributed by atoms with van der Waals surface area (Å²) in [6, 6.07) is -1.35. The van der Waals surface area contributed by atoms with Crippen molar-refractivity contribution in [2.75, 3.05) is 32.8 Å². The molecular formula is C11H19N5O7. The van der Waals surface area contributed by atoms with Crippen molar-refractivity contribution in [3.63, 3.8) is 0 Å². The molecule has 4 amide bonds. The topological polar surface area (TPSA) is 200 Å². The van der Waals surface area contributed by atoms with Gasteiger partial charge in [0.1, 0.15) is 12.6 Å². The SMILES string of the molecule is NCC(=O)NCC(=O)NCC(=O)N[C@@H](CO)C(=O)NCC(=O)O. The van der Waals surface area contributed by atoms with Crippen LogP contribution in [0.5, 0.6) is 0 Å². The van der Waals surface area contributed by atoms with Crippen molar-refractivity contribution in [3.05, 3.63) is 0 Å². The zero-order valence-electron chi connectivity index (χ0n) is 12.1. The van der Waals surface area contributed by atoms with Gasteiger partial charge in [0.05, 0.1) is 26.2 Å². The number of aliphatic hydroxyl groups excluding tert-OH is 1. The quantitative estimate of drug-likeness (QED) is 0.206. The molecule has 0 saturated heterocycles. The van der Waals surface area contributed by atoms with Crippen molar-refractivity contribution in [2.45, 2.75) is 6.04 Å². The predicted molar refractivity (Wildman–Crippen MR) is 74.7 cm³/mol. The molecule has 0 aromatic carbocycles. The fourth-order valence-corrected chi connectivity index (χ4v) is 1.22. The smallest absolute Gasteiger partial charge is 0.322 e. The van der Waals surface area contributed by atoms with Gasteiger partial charge in [-0.2, -0.15) is 0 Å². The van der Waals surface area contributed by atoms with Crippen LogP contribution in [0.1, 0.15) is 0 Å². The molecule has 23 heavy (non-hydrogen) atoms. The third-order valence-corrected chi connectivity index (χ3v) is 2.33. The number of carbonyl (C=O) groups excluding carboxylic acids is 4. The largest absolute Gasteiger partial charge is 0.480 e. The highest BCUT2D eigenvalue weighted by Crippen LogP contribution is 1.83. The summed E-state index contributed by atoms with van der Waals surface area (Å²) in [7, 11) is 0. The van der Waals surface area contributed by atoms with Gasteiger partial charge in [0.25, 0.3) is 0 Å². The highest BCUT2D eigenvalue weighted by molar-refractivity contribution is 5.92. The molecular weight excluding hydrogens is 314 g/mol. The molecule has 0 aliphatic carbocycles. The molecule has 0 rings (SSSR count). The summed E-state index contributed by atoms with van der Waals surface area (Å²) in [6.07, 6.45) is 0. The first kappa shape index (κ1) is 20.3. The lowest BCUT2D eigenvalue weighted by Gasteiger charge is -2.15. The third kappa shape index (κ3) is 9.76. The first-order chi connectivity index (χ1) is 10.8. The minimum atomic E-state index is -1.35. The van der Waals surface area contributed by atoms with Crippen molar-refractivity contribution in [3.8, 4) is 0 Å². The summed E-state index contributed by atoms with van der Waals surface area (Å²) < 4.78 is 0. The summed E-state index contributed by atoms with van der Waals surface area (Å²) in [5, 5.41) is 25.8. The molecule has 0 aliphatic heterocycles. The van der Waals surface area contributed by atoms with E-state index in [-0.39, 0.29) is 13.1 Å². The van der Waals surface area contributed by atoms with E-state index in [4.69, 9.17) is 15.9 Å². The molecule has 12 nitrogen and oxygen atoms in total. The van der Waals surface area contributed by atoms with Gasteiger partial charge in [0.2, 0.25) is 23.6 Å². The normalized spacial score (nSPS) is 11.0. The van der Waals surface area contributed by atoms with Crippen molar-refractivity contribution in [1.82, 2.24) is 21.3 Å². The number of aliphatic carboxylic acids is 1. The maximum atomic E-state index is 11.5. The van der Waals surface area contributed by atoms with E-state index in [1.165, 1.54) is 0 Å². The number of amides is 4. The molecule has 0 heterocycles. The molecule has 0 radical (unpaired) electrons. The molecule has 0 spiro atoms. The Balaban J connectivity index is 4.14. The van der Waals surface area contributed by atoms with E-state index in [9.17, 15) is 24.0 Å². The number of carboxylic acid groups (broad SMARTS) is 1. The molecule has 0 fully saturated rings. The second-order valence-corrected chi connectivity index (χ2v) is 4.17. The summed E-state index contributed by atoms with van der Waals surface area (Å²) in [5.74, 6) is -4.15. The maximum absolute atomic E-state index is 11.5. The Labute approximate surface area is 130 Å². The Kier molecular flexibility index (Phi) is 9.62. The average molecular weight is 333 g/mol. The van der Waals surface area contributed by atoms with Crippen LogP contribution in [-0.4, -0.2) is 78.6 Å². The predicted octanol–water partition coefficient (Wildman–Crippen LogP) is -5.14. The van der Waals surface area contributed by atoms with Crippen LogP contribution in [0.25, 0.3) is 0 Å². The lowest BCUT2D eigenvalue weighted by molar-refractivity contribution is -0.138. The molecule has 0 bridgehead atoms. The van der Waals surface area contributed by atoms with Crippen LogP contribution in [0.2, 0.25) is 0 Å². The fraction of sp³-hybridized carbons (Fsp3) is 0.545. The molecule has 1 atom stereocenters. The molecule has 0 unspecified atom stereocenters. The summed E-state index contributed by atoms with van der Waals surface area (Å²) in [5.41, 5.74) is 5.02. The highest BCUT2D eigenvalue weighted by Gasteiger charge is 2.20. The number of nitrogens with one attached hydrogen (secondary N) is 4. The molecule has 8 N–H and O–H groups in total. The van der Waals surface area contributed by atoms with E-state index < -0.39 is 55.3 Å². The van der Waals surface area contributed by atoms with Crippen LogP contribution in [0.3, 0.4) is 0 Å². The summed E-state index contributed by atoms with van der Waals surface area (Å²) in [6.45, 7) is -2.57. The second kappa shape index (κ2) is 10.9. The molecule has 130 valence electrons. The van der Waals surface area contributed by atoms with E-state index in [0.29, 0.717) is 0 Å².